The average molecular weight is 284 g/mol. The summed E-state index contributed by atoms with van der Waals surface area (Å²) in [5.74, 6) is 1.03. The number of benzene rings is 1. The smallest absolute Gasteiger partial charge is 0.122 e. The van der Waals surface area contributed by atoms with E-state index >= 15 is 0 Å². The van der Waals surface area contributed by atoms with Crippen LogP contribution in [0.15, 0.2) is 16.6 Å². The number of likely N-dealkylation sites (N-methyl/N-ethyl adjacent to an activating group) is 1. The molecule has 0 aromatic heterocycles. The fourth-order valence-electron chi connectivity index (χ4n) is 2.42. The first-order valence-corrected chi connectivity index (χ1v) is 6.43. The van der Waals surface area contributed by atoms with Crippen molar-refractivity contribution in [3.05, 3.63) is 27.7 Å². The number of hydrogen-bond acceptors (Lipinski definition) is 2. The van der Waals surface area contributed by atoms with Crippen molar-refractivity contribution < 1.29 is 4.74 Å². The van der Waals surface area contributed by atoms with Crippen molar-refractivity contribution in [2.75, 3.05) is 21.2 Å². The third-order valence-corrected chi connectivity index (χ3v) is 4.19. The van der Waals surface area contributed by atoms with Crippen molar-refractivity contribution in [1.82, 2.24) is 4.90 Å². The summed E-state index contributed by atoms with van der Waals surface area (Å²) in [4.78, 5) is 2.31. The molecule has 1 aliphatic rings. The van der Waals surface area contributed by atoms with Gasteiger partial charge >= 0.3 is 0 Å². The lowest BCUT2D eigenvalue weighted by Crippen LogP contribution is -2.33. The van der Waals surface area contributed by atoms with Gasteiger partial charge in [-0.25, -0.2) is 0 Å². The van der Waals surface area contributed by atoms with Crippen molar-refractivity contribution in [3.63, 3.8) is 0 Å². The number of hydrogen-bond donors (Lipinski definition) is 0. The molecule has 0 unspecified atom stereocenters. The third kappa shape index (κ3) is 2.11. The van der Waals surface area contributed by atoms with E-state index in [0.29, 0.717) is 6.04 Å². The highest BCUT2D eigenvalue weighted by Crippen LogP contribution is 2.35. The van der Waals surface area contributed by atoms with Crippen LogP contribution in [-0.4, -0.2) is 32.1 Å². The summed E-state index contributed by atoms with van der Waals surface area (Å²) in [6, 6.07) is 4.78. The fourth-order valence-corrected chi connectivity index (χ4v) is 2.99. The Morgan fingerprint density at radius 1 is 1.31 bits per heavy atom. The van der Waals surface area contributed by atoms with Crippen LogP contribution in [0, 0.1) is 0 Å². The molecule has 1 aromatic carbocycles. The molecule has 1 atom stereocenters. The molecule has 1 aliphatic carbocycles. The molecule has 88 valence electrons. The maximum Gasteiger partial charge on any atom is 0.122 e. The lowest BCUT2D eigenvalue weighted by molar-refractivity contribution is 0.264. The number of fused-ring (bicyclic) bond motifs is 1. The number of methoxy groups -OCH3 is 1. The normalized spacial score (nSPS) is 19.7. The molecule has 0 spiro atoms. The maximum atomic E-state index is 5.46. The minimum atomic E-state index is 0.635. The predicted octanol–water partition coefficient (Wildman–Crippen LogP) is 2.88. The van der Waals surface area contributed by atoms with Crippen LogP contribution in [0.4, 0.5) is 0 Å². The molecule has 0 heterocycles. The largest absolute Gasteiger partial charge is 0.496 e. The molecule has 0 saturated carbocycles. The van der Waals surface area contributed by atoms with Gasteiger partial charge in [-0.15, -0.1) is 0 Å². The lowest BCUT2D eigenvalue weighted by Gasteiger charge is -2.31. The quantitative estimate of drug-likeness (QED) is 0.828. The Kier molecular flexibility index (Phi) is 3.55. The highest BCUT2D eigenvalue weighted by molar-refractivity contribution is 9.10. The van der Waals surface area contributed by atoms with Gasteiger partial charge in [-0.1, -0.05) is 15.9 Å². The van der Waals surface area contributed by atoms with Crippen LogP contribution in [0.2, 0.25) is 0 Å². The number of ether oxygens (including phenoxy) is 1. The molecule has 0 fully saturated rings. The monoisotopic (exact) mass is 283 g/mol. The van der Waals surface area contributed by atoms with Crippen LogP contribution < -0.4 is 4.74 Å². The Hall–Kier alpha value is -0.540. The predicted molar refractivity (Wildman–Crippen MR) is 70.2 cm³/mol. The summed E-state index contributed by atoms with van der Waals surface area (Å²) < 4.78 is 6.68. The summed E-state index contributed by atoms with van der Waals surface area (Å²) in [6.45, 7) is 0. The Bertz CT molecular complexity index is 390. The highest BCUT2D eigenvalue weighted by atomic mass is 79.9. The number of rotatable bonds is 2. The Morgan fingerprint density at radius 3 is 2.69 bits per heavy atom. The molecule has 3 heteroatoms. The number of halogens is 1. The SMILES string of the molecule is COc1ccc(Br)c2c1C[C@H](N(C)C)CC2. The summed E-state index contributed by atoms with van der Waals surface area (Å²) in [7, 11) is 6.06. The lowest BCUT2D eigenvalue weighted by atomic mass is 9.87. The van der Waals surface area contributed by atoms with E-state index in [9.17, 15) is 0 Å². The van der Waals surface area contributed by atoms with E-state index in [2.05, 4.69) is 47.1 Å². The molecule has 16 heavy (non-hydrogen) atoms. The van der Waals surface area contributed by atoms with Gasteiger partial charge in [-0.05, 0) is 56.6 Å². The maximum absolute atomic E-state index is 5.46. The summed E-state index contributed by atoms with van der Waals surface area (Å²) in [5, 5.41) is 0. The first kappa shape index (κ1) is 11.9. The molecule has 1 aromatic rings. The van der Waals surface area contributed by atoms with Crippen LogP contribution in [0.5, 0.6) is 5.75 Å². The zero-order valence-electron chi connectivity index (χ0n) is 10.1. The van der Waals surface area contributed by atoms with E-state index in [1.165, 1.54) is 22.0 Å². The molecular formula is C13H18BrNO. The summed E-state index contributed by atoms with van der Waals surface area (Å²) >= 11 is 3.63. The van der Waals surface area contributed by atoms with Gasteiger partial charge in [-0.2, -0.15) is 0 Å². The summed E-state index contributed by atoms with van der Waals surface area (Å²) in [5.41, 5.74) is 2.80. The zero-order chi connectivity index (χ0) is 11.7. The van der Waals surface area contributed by atoms with E-state index < -0.39 is 0 Å². The van der Waals surface area contributed by atoms with Gasteiger partial charge in [0.1, 0.15) is 5.75 Å². The van der Waals surface area contributed by atoms with Crippen LogP contribution >= 0.6 is 15.9 Å². The minimum absolute atomic E-state index is 0.635. The van der Waals surface area contributed by atoms with Gasteiger partial charge in [0.15, 0.2) is 0 Å². The van der Waals surface area contributed by atoms with Crippen LogP contribution in [0.3, 0.4) is 0 Å². The molecule has 0 bridgehead atoms. The second-order valence-corrected chi connectivity index (χ2v) is 5.42. The Morgan fingerprint density at radius 2 is 2.06 bits per heavy atom. The highest BCUT2D eigenvalue weighted by Gasteiger charge is 2.24. The third-order valence-electron chi connectivity index (χ3n) is 3.45. The van der Waals surface area contributed by atoms with Crippen LogP contribution in [-0.2, 0) is 12.8 Å². The standard InChI is InChI=1S/C13H18BrNO/c1-15(2)9-4-5-10-11(8-9)13(16-3)7-6-12(10)14/h6-7,9H,4-5,8H2,1-3H3/t9-/m1/s1. The van der Waals surface area contributed by atoms with Gasteiger partial charge in [-0.3, -0.25) is 0 Å². The van der Waals surface area contributed by atoms with Crippen molar-refractivity contribution in [1.29, 1.82) is 0 Å². The van der Waals surface area contributed by atoms with E-state index in [1.54, 1.807) is 7.11 Å². The van der Waals surface area contributed by atoms with Gasteiger partial charge in [0.05, 0.1) is 7.11 Å². The van der Waals surface area contributed by atoms with Crippen molar-refractivity contribution in [2.24, 2.45) is 0 Å². The second kappa shape index (κ2) is 4.76. The van der Waals surface area contributed by atoms with Crippen molar-refractivity contribution in [2.45, 2.75) is 25.3 Å². The van der Waals surface area contributed by atoms with Crippen LogP contribution in [0.25, 0.3) is 0 Å². The first-order valence-electron chi connectivity index (χ1n) is 5.64. The molecule has 2 nitrogen and oxygen atoms in total. The zero-order valence-corrected chi connectivity index (χ0v) is 11.7. The van der Waals surface area contributed by atoms with Crippen molar-refractivity contribution >= 4 is 15.9 Å². The Balaban J connectivity index is 2.38. The summed E-state index contributed by atoms with van der Waals surface area (Å²) in [6.07, 6.45) is 3.45. The van der Waals surface area contributed by atoms with Crippen molar-refractivity contribution in [3.8, 4) is 5.75 Å². The topological polar surface area (TPSA) is 12.5 Å². The Labute approximate surface area is 106 Å². The van der Waals surface area contributed by atoms with Gasteiger partial charge < -0.3 is 9.64 Å². The van der Waals surface area contributed by atoms with Gasteiger partial charge in [0.25, 0.3) is 0 Å². The van der Waals surface area contributed by atoms with Gasteiger partial charge in [0, 0.05) is 10.5 Å². The number of nitrogens with zero attached hydrogens (tertiary/aromatic N) is 1. The molecular weight excluding hydrogens is 266 g/mol. The molecule has 0 saturated heterocycles. The fraction of sp³-hybridized carbons (Fsp3) is 0.538. The molecule has 0 amide bonds. The minimum Gasteiger partial charge on any atom is -0.496 e. The second-order valence-electron chi connectivity index (χ2n) is 4.57. The van der Waals surface area contributed by atoms with Crippen LogP contribution in [0.1, 0.15) is 17.5 Å². The molecule has 0 N–H and O–H groups in total. The molecule has 2 rings (SSSR count). The van der Waals surface area contributed by atoms with E-state index in [1.807, 2.05) is 0 Å². The van der Waals surface area contributed by atoms with E-state index in [4.69, 9.17) is 4.74 Å². The average Bonchev–Trinajstić information content (AvgIpc) is 2.29. The first-order chi connectivity index (χ1) is 7.63. The molecule has 0 radical (unpaired) electrons. The van der Waals surface area contributed by atoms with E-state index in [-0.39, 0.29) is 0 Å². The van der Waals surface area contributed by atoms with E-state index in [0.717, 1.165) is 18.6 Å². The molecule has 0 aliphatic heterocycles. The van der Waals surface area contributed by atoms with Gasteiger partial charge in [0.2, 0.25) is 0 Å².